The zero-order valence-corrected chi connectivity index (χ0v) is 63.2. The van der Waals surface area contributed by atoms with Gasteiger partial charge in [-0.3, -0.25) is 0 Å². The average Bonchev–Trinajstić information content (AvgIpc) is 1.71. The SMILES string of the molecule is C[C@@]12CCCCC[C@@H](Cc3ccc(O)cc31)[C@@H]2NC(=O)OCC1c2ccccc2-c2ccccc21.C[C@@]12CCCCC[C@@H](Cc3ccc(OC(=O)c4ccccc4)cc31)[C@@H]2N.C[C@@]12CCCCC[C@@H](Cc3ccc(OC(=O)c4ccccc4)cc31)[C@@H]2NC(=O)OCC1c2ccccc2-c2ccccc21.O=C(O)C(F)(F)F. The minimum Gasteiger partial charge on any atom is -0.508 e. The number of halogens is 3. The highest BCUT2D eigenvalue weighted by atomic mass is 19.4. The van der Waals surface area contributed by atoms with E-state index in [1.807, 2.05) is 60.7 Å². The lowest BCUT2D eigenvalue weighted by Crippen LogP contribution is -2.57. The Morgan fingerprint density at radius 1 is 0.432 bits per heavy atom. The van der Waals surface area contributed by atoms with Crippen LogP contribution in [0.5, 0.6) is 17.2 Å². The number of carbonyl (C=O) groups excluding carboxylic acids is 4. The van der Waals surface area contributed by atoms with Crippen LogP contribution in [0.4, 0.5) is 22.8 Å². The van der Waals surface area contributed by atoms with Gasteiger partial charge in [0, 0.05) is 46.2 Å². The summed E-state index contributed by atoms with van der Waals surface area (Å²) in [4.78, 5) is 60.9. The molecule has 2 amide bonds. The molecule has 14 nitrogen and oxygen atoms in total. The summed E-state index contributed by atoms with van der Waals surface area (Å²) in [5, 5.41) is 24.1. The average molecular weight is 1500 g/mol. The lowest BCUT2D eigenvalue weighted by atomic mass is 9.59. The van der Waals surface area contributed by atoms with E-state index in [1.54, 1.807) is 30.3 Å². The monoisotopic (exact) mass is 1500 g/mol. The molecule has 0 spiro atoms. The summed E-state index contributed by atoms with van der Waals surface area (Å²) in [6.07, 6.45) is 14.3. The van der Waals surface area contributed by atoms with E-state index in [9.17, 15) is 37.5 Å². The van der Waals surface area contributed by atoms with Crippen LogP contribution in [0.3, 0.4) is 0 Å². The van der Waals surface area contributed by atoms with Gasteiger partial charge in [0.1, 0.15) is 30.5 Å². The summed E-state index contributed by atoms with van der Waals surface area (Å²) in [7, 11) is 0. The molecular weight excluding hydrogens is 1400 g/mol. The van der Waals surface area contributed by atoms with E-state index in [2.05, 4.69) is 153 Å². The largest absolute Gasteiger partial charge is 0.508 e. The Hall–Kier alpha value is -10.5. The van der Waals surface area contributed by atoms with Crippen LogP contribution in [0.1, 0.15) is 205 Å². The van der Waals surface area contributed by atoms with Gasteiger partial charge in [-0.1, -0.05) is 230 Å². The maximum absolute atomic E-state index is 13.5. The number of rotatable bonds is 10. The molecule has 6 N–H and O–H groups in total. The number of amides is 2. The topological polar surface area (TPSA) is 213 Å². The summed E-state index contributed by atoms with van der Waals surface area (Å²) in [6.45, 7) is 7.45. The lowest BCUT2D eigenvalue weighted by molar-refractivity contribution is -0.192. The second kappa shape index (κ2) is 33.2. The quantitative estimate of drug-likeness (QED) is 0.0639. The first-order valence-corrected chi connectivity index (χ1v) is 39.5. The summed E-state index contributed by atoms with van der Waals surface area (Å²) in [6, 6.07) is 69.9. The second-order valence-corrected chi connectivity index (χ2v) is 32.2. The van der Waals surface area contributed by atoms with Crippen molar-refractivity contribution in [3.63, 3.8) is 0 Å². The third kappa shape index (κ3) is 16.5. The smallest absolute Gasteiger partial charge is 0.490 e. The number of alkyl halides is 3. The van der Waals surface area contributed by atoms with Crippen molar-refractivity contribution in [3.05, 3.63) is 279 Å². The second-order valence-electron chi connectivity index (χ2n) is 32.2. The Morgan fingerprint density at radius 2 is 0.766 bits per heavy atom. The number of aliphatic carboxylic acids is 1. The maximum Gasteiger partial charge on any atom is 0.490 e. The number of carboxylic acid groups (broad SMARTS) is 1. The summed E-state index contributed by atoms with van der Waals surface area (Å²) >= 11 is 0. The number of hydrogen-bond donors (Lipinski definition) is 5. The number of carboxylic acids is 1. The van der Waals surface area contributed by atoms with Crippen LogP contribution in [0.2, 0.25) is 0 Å². The zero-order valence-electron chi connectivity index (χ0n) is 63.2. The van der Waals surface area contributed by atoms with E-state index in [0.717, 1.165) is 76.2 Å². The van der Waals surface area contributed by atoms with E-state index >= 15 is 0 Å². The van der Waals surface area contributed by atoms with Gasteiger partial charge in [-0.2, -0.15) is 13.2 Å². The number of esters is 2. The minimum atomic E-state index is -5.08. The fourth-order valence-corrected chi connectivity index (χ4v) is 19.7. The number of alkyl carbamates (subject to hydrolysis) is 2. The van der Waals surface area contributed by atoms with Crippen molar-refractivity contribution in [1.29, 1.82) is 0 Å². The molecule has 8 aliphatic rings. The lowest BCUT2D eigenvalue weighted by Gasteiger charge is -2.49. The van der Waals surface area contributed by atoms with Crippen LogP contribution < -0.4 is 25.8 Å². The molecule has 9 aromatic rings. The van der Waals surface area contributed by atoms with Crippen LogP contribution in [-0.2, 0) is 49.8 Å². The number of hydrogen-bond acceptors (Lipinski definition) is 11. The summed E-state index contributed by atoms with van der Waals surface area (Å²) in [5.41, 5.74) is 24.6. The molecule has 0 unspecified atom stereocenters. The number of nitrogens with two attached hydrogens (primary N) is 1. The molecule has 9 atom stereocenters. The Labute approximate surface area is 647 Å². The molecule has 3 fully saturated rings. The normalized spacial score (nSPS) is 23.7. The van der Waals surface area contributed by atoms with E-state index in [4.69, 9.17) is 34.6 Å². The van der Waals surface area contributed by atoms with Gasteiger partial charge in [-0.05, 0) is 214 Å². The number of phenolic OH excluding ortho intramolecular Hbond substituents is 1. The molecule has 0 radical (unpaired) electrons. The zero-order chi connectivity index (χ0) is 77.6. The number of ether oxygens (including phenoxy) is 4. The van der Waals surface area contributed by atoms with Gasteiger partial charge in [0.15, 0.2) is 0 Å². The van der Waals surface area contributed by atoms with E-state index in [-0.39, 0.29) is 70.3 Å². The molecule has 3 saturated carbocycles. The Bertz CT molecular complexity index is 4790. The number of fused-ring (bicyclic) bond motifs is 18. The van der Waals surface area contributed by atoms with Gasteiger partial charge in [-0.25, -0.2) is 24.0 Å². The van der Waals surface area contributed by atoms with Gasteiger partial charge in [0.25, 0.3) is 0 Å². The van der Waals surface area contributed by atoms with Gasteiger partial charge in [0.2, 0.25) is 0 Å². The van der Waals surface area contributed by atoms with Crippen LogP contribution in [-0.4, -0.2) is 77.8 Å². The number of nitrogens with one attached hydrogen (secondary N) is 2. The number of aromatic hydroxyl groups is 1. The molecule has 6 bridgehead atoms. The van der Waals surface area contributed by atoms with Crippen LogP contribution in [0.15, 0.2) is 212 Å². The Balaban J connectivity index is 0.000000136. The van der Waals surface area contributed by atoms with Crippen LogP contribution in [0, 0.1) is 17.8 Å². The van der Waals surface area contributed by atoms with E-state index < -0.39 is 12.1 Å². The molecule has 0 saturated heterocycles. The van der Waals surface area contributed by atoms with E-state index in [1.165, 1.54) is 117 Å². The molecule has 0 aliphatic heterocycles. The molecule has 0 aromatic heterocycles. The van der Waals surface area contributed by atoms with Gasteiger partial charge in [-0.15, -0.1) is 0 Å². The van der Waals surface area contributed by atoms with E-state index in [0.29, 0.717) is 59.3 Å². The predicted molar refractivity (Wildman–Crippen MR) is 422 cm³/mol. The van der Waals surface area contributed by atoms with Crippen molar-refractivity contribution in [2.45, 2.75) is 189 Å². The third-order valence-corrected chi connectivity index (χ3v) is 25.3. The van der Waals surface area contributed by atoms with Gasteiger partial charge >= 0.3 is 36.3 Å². The first-order chi connectivity index (χ1) is 53.6. The number of benzene rings is 9. The van der Waals surface area contributed by atoms with Crippen molar-refractivity contribution in [1.82, 2.24) is 10.6 Å². The van der Waals surface area contributed by atoms with Crippen molar-refractivity contribution in [2.24, 2.45) is 23.5 Å². The molecule has 576 valence electrons. The molecule has 0 heterocycles. The standard InChI is InChI=1S/C38H37NO4.C31H33NO3.C23H27NO2.C2HF3O2/c1-38-21-11-3-6-14-27(22-26-19-20-28(23-34(26)38)43-36(40)25-12-4-2-5-13-25)35(38)39-37(41)42-24-33-31-17-9-7-15-29(31)30-16-8-10-18-32(30)33;1-31-16-8-2-3-9-21(17-20-14-15-22(33)18-28(20)31)29(31)32-30(34)35-19-27-25-12-6-4-10-23(25)24-11-5-7-13-26(24)27;1-23-13-7-3-6-10-18(21(23)24)14-17-11-12-19(15-20(17)23)26-22(25)16-8-4-2-5-9-16;3-2(4,5)1(6)7/h2,4-5,7-10,12-13,15-20,23,27,33,35H,3,6,11,14,21-22,24H2,1H3,(H,39,41);4-7,10-15,18,21,27,29,33H,2-3,8-9,16-17,19H2,1H3,(H,32,34);2,4-5,8-9,11-12,15,18,21H,3,6-7,10,13-14,24H2,1H3;(H,6,7)/t27-,35-,38+;21-,29-,31+;18-,21-,23+;/m000./s1. The molecular formula is C94H98F3N3O11. The number of carbonyl (C=O) groups is 5. The highest BCUT2D eigenvalue weighted by Gasteiger charge is 2.50. The minimum absolute atomic E-state index is 0.00671. The summed E-state index contributed by atoms with van der Waals surface area (Å²) in [5.74, 6) is -0.666. The van der Waals surface area contributed by atoms with Crippen LogP contribution in [0.25, 0.3) is 22.3 Å². The number of phenols is 1. The first kappa shape index (κ1) is 77.2. The molecule has 9 aromatic carbocycles. The highest BCUT2D eigenvalue weighted by molar-refractivity contribution is 5.92. The Kier molecular flexibility index (Phi) is 23.1. The fourth-order valence-electron chi connectivity index (χ4n) is 19.7. The third-order valence-electron chi connectivity index (χ3n) is 25.3. The van der Waals surface area contributed by atoms with Crippen molar-refractivity contribution >= 4 is 30.1 Å². The molecule has 17 heteroatoms. The van der Waals surface area contributed by atoms with Gasteiger partial charge < -0.3 is 45.5 Å². The predicted octanol–water partition coefficient (Wildman–Crippen LogP) is 20.2. The Morgan fingerprint density at radius 3 is 1.16 bits per heavy atom. The molecule has 17 rings (SSSR count). The van der Waals surface area contributed by atoms with Gasteiger partial charge in [0.05, 0.1) is 11.1 Å². The molecule has 8 aliphatic carbocycles. The van der Waals surface area contributed by atoms with Crippen molar-refractivity contribution < 1.29 is 66.3 Å². The van der Waals surface area contributed by atoms with Crippen LogP contribution >= 0.6 is 0 Å². The molecule has 111 heavy (non-hydrogen) atoms. The maximum atomic E-state index is 13.5. The van der Waals surface area contributed by atoms with Crippen molar-refractivity contribution in [2.75, 3.05) is 13.2 Å². The summed E-state index contributed by atoms with van der Waals surface area (Å²) < 4.78 is 55.2. The first-order valence-electron chi connectivity index (χ1n) is 39.5. The highest BCUT2D eigenvalue weighted by Crippen LogP contribution is 2.52. The van der Waals surface area contributed by atoms with Crippen molar-refractivity contribution in [3.8, 4) is 39.5 Å². The fraction of sp³-hybridized carbons (Fsp3) is 0.372.